The molecule has 0 saturated heterocycles. The largest absolute Gasteiger partial charge is 0.466 e. The van der Waals surface area contributed by atoms with Gasteiger partial charge in [0.15, 0.2) is 0 Å². The average molecular weight is 287 g/mol. The molecule has 0 aliphatic rings. The lowest BCUT2D eigenvalue weighted by molar-refractivity contribution is 0.102. The number of benzene rings is 1. The number of aromatic nitrogens is 4. The smallest absolute Gasteiger partial charge is 0.336 e. The molecular formula is C13H10FN5O2. The van der Waals surface area contributed by atoms with Gasteiger partial charge in [-0.05, 0) is 24.3 Å². The number of aromatic amines is 1. The van der Waals surface area contributed by atoms with Crippen LogP contribution in [0.4, 0.5) is 10.3 Å². The van der Waals surface area contributed by atoms with E-state index in [-0.39, 0.29) is 23.3 Å². The van der Waals surface area contributed by atoms with Gasteiger partial charge in [-0.15, -0.1) is 5.10 Å². The second-order valence-corrected chi connectivity index (χ2v) is 4.19. The Labute approximate surface area is 118 Å². The van der Waals surface area contributed by atoms with E-state index < -0.39 is 5.91 Å². The van der Waals surface area contributed by atoms with Crippen LogP contribution in [0.1, 0.15) is 10.4 Å². The van der Waals surface area contributed by atoms with Gasteiger partial charge in [-0.25, -0.2) is 9.49 Å². The number of nitrogens with zero attached hydrogens (tertiary/aromatic N) is 3. The number of halogens is 1. The molecule has 2 heterocycles. The Morgan fingerprint density at radius 3 is 3.00 bits per heavy atom. The highest BCUT2D eigenvalue weighted by atomic mass is 19.1. The predicted octanol–water partition coefficient (Wildman–Crippen LogP) is 1.75. The van der Waals surface area contributed by atoms with E-state index in [1.165, 1.54) is 25.4 Å². The molecule has 3 rings (SSSR count). The molecule has 3 aromatic rings. The molecule has 1 amide bonds. The standard InChI is InChI=1S/C13H10FN5O2/c1-21-13-17-12(18-19-13)16-11(20)8-4-7-5-9(14)2-3-10(7)15-6-8/h2-6H,1H3,(H2,16,17,18,19,20). The molecule has 0 aliphatic carbocycles. The Hall–Kier alpha value is -3.03. The second-order valence-electron chi connectivity index (χ2n) is 4.19. The molecule has 7 nitrogen and oxygen atoms in total. The Balaban J connectivity index is 1.86. The zero-order valence-electron chi connectivity index (χ0n) is 10.9. The van der Waals surface area contributed by atoms with Gasteiger partial charge in [0.25, 0.3) is 5.91 Å². The van der Waals surface area contributed by atoms with Crippen molar-refractivity contribution in [1.82, 2.24) is 20.2 Å². The van der Waals surface area contributed by atoms with Gasteiger partial charge in [0, 0.05) is 11.6 Å². The van der Waals surface area contributed by atoms with Gasteiger partial charge in [0.1, 0.15) is 5.82 Å². The molecule has 1 aromatic carbocycles. The average Bonchev–Trinajstić information content (AvgIpc) is 2.94. The SMILES string of the molecule is COc1n[nH]c(NC(=O)c2cnc3ccc(F)cc3c2)n1. The van der Waals surface area contributed by atoms with Crippen molar-refractivity contribution in [3.8, 4) is 6.01 Å². The van der Waals surface area contributed by atoms with Crippen LogP contribution in [0.2, 0.25) is 0 Å². The third-order valence-corrected chi connectivity index (χ3v) is 2.78. The number of H-pyrrole nitrogens is 1. The second kappa shape index (κ2) is 5.16. The van der Waals surface area contributed by atoms with Crippen molar-refractivity contribution in [3.05, 3.63) is 41.8 Å². The Morgan fingerprint density at radius 2 is 2.24 bits per heavy atom. The number of anilines is 1. The first kappa shape index (κ1) is 13.0. The van der Waals surface area contributed by atoms with Gasteiger partial charge in [-0.3, -0.25) is 15.1 Å². The normalized spacial score (nSPS) is 10.6. The fraction of sp³-hybridized carbons (Fsp3) is 0.0769. The van der Waals surface area contributed by atoms with Gasteiger partial charge in [0.05, 0.1) is 18.2 Å². The molecule has 2 aromatic heterocycles. The predicted molar refractivity (Wildman–Crippen MR) is 72.6 cm³/mol. The molecule has 8 heteroatoms. The summed E-state index contributed by atoms with van der Waals surface area (Å²) in [7, 11) is 1.41. The van der Waals surface area contributed by atoms with E-state index in [9.17, 15) is 9.18 Å². The van der Waals surface area contributed by atoms with Crippen molar-refractivity contribution < 1.29 is 13.9 Å². The molecule has 0 bridgehead atoms. The summed E-state index contributed by atoms with van der Waals surface area (Å²) in [6.07, 6.45) is 1.41. The molecule has 0 unspecified atom stereocenters. The lowest BCUT2D eigenvalue weighted by Crippen LogP contribution is -2.13. The lowest BCUT2D eigenvalue weighted by Gasteiger charge is -2.03. The number of ether oxygens (including phenoxy) is 1. The van der Waals surface area contributed by atoms with Crippen LogP contribution in [0, 0.1) is 5.82 Å². The van der Waals surface area contributed by atoms with Crippen LogP contribution >= 0.6 is 0 Å². The van der Waals surface area contributed by atoms with E-state index in [2.05, 4.69) is 25.5 Å². The number of pyridine rings is 1. The minimum absolute atomic E-state index is 0.115. The van der Waals surface area contributed by atoms with Crippen molar-refractivity contribution in [2.24, 2.45) is 0 Å². The van der Waals surface area contributed by atoms with Gasteiger partial charge in [0.2, 0.25) is 5.95 Å². The fourth-order valence-electron chi connectivity index (χ4n) is 1.80. The number of fused-ring (bicyclic) bond motifs is 1. The zero-order chi connectivity index (χ0) is 14.8. The number of carbonyl (C=O) groups is 1. The molecule has 0 fully saturated rings. The van der Waals surface area contributed by atoms with E-state index in [1.807, 2.05) is 0 Å². The first-order chi connectivity index (χ1) is 10.2. The number of hydrogen-bond donors (Lipinski definition) is 2. The van der Waals surface area contributed by atoms with Crippen molar-refractivity contribution in [1.29, 1.82) is 0 Å². The maximum absolute atomic E-state index is 13.2. The summed E-state index contributed by atoms with van der Waals surface area (Å²) >= 11 is 0. The van der Waals surface area contributed by atoms with Crippen molar-refractivity contribution >= 4 is 22.8 Å². The molecule has 2 N–H and O–H groups in total. The van der Waals surface area contributed by atoms with E-state index in [0.29, 0.717) is 10.9 Å². The summed E-state index contributed by atoms with van der Waals surface area (Å²) in [5.74, 6) is -0.675. The van der Waals surface area contributed by atoms with Gasteiger partial charge in [-0.1, -0.05) is 0 Å². The highest BCUT2D eigenvalue weighted by molar-refractivity contribution is 6.04. The Morgan fingerprint density at radius 1 is 1.38 bits per heavy atom. The van der Waals surface area contributed by atoms with E-state index in [1.54, 1.807) is 12.1 Å². The molecule has 0 atom stereocenters. The molecule has 0 aliphatic heterocycles. The fourth-order valence-corrected chi connectivity index (χ4v) is 1.80. The van der Waals surface area contributed by atoms with Crippen LogP contribution in [-0.2, 0) is 0 Å². The minimum atomic E-state index is -0.438. The molecule has 0 spiro atoms. The number of carbonyl (C=O) groups excluding carboxylic acids is 1. The maximum atomic E-state index is 13.2. The van der Waals surface area contributed by atoms with Crippen LogP contribution in [-0.4, -0.2) is 33.2 Å². The molecule has 0 radical (unpaired) electrons. The molecule has 0 saturated carbocycles. The Kier molecular flexibility index (Phi) is 3.19. The summed E-state index contributed by atoms with van der Waals surface area (Å²) in [5, 5.41) is 9.26. The summed E-state index contributed by atoms with van der Waals surface area (Å²) < 4.78 is 18.0. The van der Waals surface area contributed by atoms with Gasteiger partial charge >= 0.3 is 6.01 Å². The number of nitrogens with one attached hydrogen (secondary N) is 2. The monoisotopic (exact) mass is 287 g/mol. The van der Waals surface area contributed by atoms with Gasteiger partial charge in [-0.2, -0.15) is 4.98 Å². The number of methoxy groups -OCH3 is 1. The van der Waals surface area contributed by atoms with Crippen LogP contribution in [0.25, 0.3) is 10.9 Å². The van der Waals surface area contributed by atoms with E-state index in [0.717, 1.165) is 0 Å². The van der Waals surface area contributed by atoms with Crippen LogP contribution in [0.5, 0.6) is 6.01 Å². The van der Waals surface area contributed by atoms with Crippen molar-refractivity contribution in [2.45, 2.75) is 0 Å². The minimum Gasteiger partial charge on any atom is -0.466 e. The number of hydrogen-bond acceptors (Lipinski definition) is 5. The molecular weight excluding hydrogens is 277 g/mol. The highest BCUT2D eigenvalue weighted by Gasteiger charge is 2.11. The summed E-state index contributed by atoms with van der Waals surface area (Å²) in [5.41, 5.74) is 0.887. The summed E-state index contributed by atoms with van der Waals surface area (Å²) in [6, 6.07) is 5.85. The zero-order valence-corrected chi connectivity index (χ0v) is 10.9. The summed E-state index contributed by atoms with van der Waals surface area (Å²) in [6.45, 7) is 0. The molecule has 106 valence electrons. The van der Waals surface area contributed by atoms with Crippen LogP contribution < -0.4 is 10.1 Å². The van der Waals surface area contributed by atoms with Crippen LogP contribution in [0.15, 0.2) is 30.5 Å². The van der Waals surface area contributed by atoms with E-state index >= 15 is 0 Å². The maximum Gasteiger partial charge on any atom is 0.336 e. The highest BCUT2D eigenvalue weighted by Crippen LogP contribution is 2.15. The topological polar surface area (TPSA) is 92.8 Å². The summed E-state index contributed by atoms with van der Waals surface area (Å²) in [4.78, 5) is 20.0. The third-order valence-electron chi connectivity index (χ3n) is 2.78. The first-order valence-electron chi connectivity index (χ1n) is 5.99. The lowest BCUT2D eigenvalue weighted by atomic mass is 10.1. The van der Waals surface area contributed by atoms with Crippen molar-refractivity contribution in [3.63, 3.8) is 0 Å². The first-order valence-corrected chi connectivity index (χ1v) is 5.99. The van der Waals surface area contributed by atoms with Crippen molar-refractivity contribution in [2.75, 3.05) is 12.4 Å². The van der Waals surface area contributed by atoms with E-state index in [4.69, 9.17) is 4.74 Å². The number of amides is 1. The van der Waals surface area contributed by atoms with Gasteiger partial charge < -0.3 is 4.74 Å². The quantitative estimate of drug-likeness (QED) is 0.765. The molecule has 21 heavy (non-hydrogen) atoms. The Bertz CT molecular complexity index is 817. The third kappa shape index (κ3) is 2.64. The number of rotatable bonds is 3. The van der Waals surface area contributed by atoms with Crippen LogP contribution in [0.3, 0.4) is 0 Å².